The van der Waals surface area contributed by atoms with Gasteiger partial charge in [-0.25, -0.2) is 0 Å². The Hall–Kier alpha value is -2.56. The number of hydrogen-bond acceptors (Lipinski definition) is 5. The first-order chi connectivity index (χ1) is 11.2. The summed E-state index contributed by atoms with van der Waals surface area (Å²) < 4.78 is 0. The van der Waals surface area contributed by atoms with E-state index in [2.05, 4.69) is 16.0 Å². The van der Waals surface area contributed by atoms with Gasteiger partial charge in [-0.1, -0.05) is 0 Å². The van der Waals surface area contributed by atoms with Gasteiger partial charge in [0.25, 0.3) is 5.91 Å². The number of nitrogens with zero attached hydrogens (tertiary/aromatic N) is 2. The molecule has 0 unspecified atom stereocenters. The second-order valence-electron chi connectivity index (χ2n) is 5.14. The smallest absolute Gasteiger partial charge is 0.263 e. The zero-order valence-corrected chi connectivity index (χ0v) is 13.1. The molecule has 8 heteroatoms. The maximum atomic E-state index is 11.8. The largest absolute Gasteiger partial charge is 0.390 e. The van der Waals surface area contributed by atoms with Gasteiger partial charge in [-0.15, -0.1) is 0 Å². The van der Waals surface area contributed by atoms with Crippen LogP contribution in [-0.2, 0) is 14.4 Å². The van der Waals surface area contributed by atoms with Crippen LogP contribution in [0.3, 0.4) is 0 Å². The van der Waals surface area contributed by atoms with E-state index >= 15 is 0 Å². The number of nitrogens with one attached hydrogen (secondary N) is 3. The molecular weight excluding hydrogens is 298 g/mol. The van der Waals surface area contributed by atoms with Crippen LogP contribution in [0.2, 0.25) is 0 Å². The molecule has 0 aromatic carbocycles. The third-order valence-electron chi connectivity index (χ3n) is 3.40. The summed E-state index contributed by atoms with van der Waals surface area (Å²) in [6.45, 7) is 2.93. The molecule has 0 bridgehead atoms. The van der Waals surface area contributed by atoms with Crippen molar-refractivity contribution in [2.24, 2.45) is 0 Å². The van der Waals surface area contributed by atoms with Crippen molar-refractivity contribution in [3.63, 3.8) is 0 Å². The van der Waals surface area contributed by atoms with Crippen LogP contribution in [0.4, 0.5) is 0 Å². The summed E-state index contributed by atoms with van der Waals surface area (Å²) in [7, 11) is 0. The van der Waals surface area contributed by atoms with Gasteiger partial charge in [0.15, 0.2) is 0 Å². The van der Waals surface area contributed by atoms with Crippen LogP contribution in [0.5, 0.6) is 0 Å². The summed E-state index contributed by atoms with van der Waals surface area (Å²) in [5.74, 6) is -0.263. The Labute approximate surface area is 135 Å². The molecule has 126 valence electrons. The van der Waals surface area contributed by atoms with Crippen LogP contribution in [-0.4, -0.2) is 55.8 Å². The predicted octanol–water partition coefficient (Wildman–Crippen LogP) is -0.752. The fourth-order valence-electron chi connectivity index (χ4n) is 2.18. The van der Waals surface area contributed by atoms with Gasteiger partial charge < -0.3 is 20.9 Å². The molecular formula is C15H23N5O3. The Morgan fingerprint density at radius 1 is 1.26 bits per heavy atom. The molecule has 0 aliphatic carbocycles. The fourth-order valence-corrected chi connectivity index (χ4v) is 2.18. The molecule has 1 rings (SSSR count). The van der Waals surface area contributed by atoms with Crippen LogP contribution >= 0.6 is 0 Å². The molecule has 1 fully saturated rings. The lowest BCUT2D eigenvalue weighted by Crippen LogP contribution is -2.31. The maximum absolute atomic E-state index is 11.8. The van der Waals surface area contributed by atoms with Crippen molar-refractivity contribution < 1.29 is 14.4 Å². The molecule has 8 nitrogen and oxygen atoms in total. The van der Waals surface area contributed by atoms with Crippen molar-refractivity contribution in [2.75, 3.05) is 32.7 Å². The molecule has 1 aliphatic rings. The number of carbonyl (C=O) groups excluding carboxylic acids is 3. The van der Waals surface area contributed by atoms with Crippen LogP contribution in [0.1, 0.15) is 25.7 Å². The second-order valence-corrected chi connectivity index (χ2v) is 5.14. The van der Waals surface area contributed by atoms with Gasteiger partial charge in [0, 0.05) is 45.3 Å². The Morgan fingerprint density at radius 3 is 2.70 bits per heavy atom. The van der Waals surface area contributed by atoms with Crippen molar-refractivity contribution in [3.8, 4) is 6.07 Å². The highest BCUT2D eigenvalue weighted by Crippen LogP contribution is 2.09. The molecule has 1 heterocycles. The van der Waals surface area contributed by atoms with Crippen molar-refractivity contribution in [2.45, 2.75) is 25.7 Å². The zero-order valence-electron chi connectivity index (χ0n) is 13.1. The van der Waals surface area contributed by atoms with Gasteiger partial charge in [0.05, 0.1) is 0 Å². The van der Waals surface area contributed by atoms with Gasteiger partial charge in [-0.05, 0) is 19.3 Å². The lowest BCUT2D eigenvalue weighted by atomic mass is 10.3. The first kappa shape index (κ1) is 18.5. The molecule has 0 aromatic heterocycles. The van der Waals surface area contributed by atoms with Gasteiger partial charge in [-0.3, -0.25) is 14.4 Å². The molecule has 0 atom stereocenters. The van der Waals surface area contributed by atoms with Gasteiger partial charge >= 0.3 is 0 Å². The number of carbonyl (C=O) groups is 3. The first-order valence-corrected chi connectivity index (χ1v) is 7.75. The normalized spacial score (nSPS) is 14.3. The molecule has 1 saturated heterocycles. The minimum atomic E-state index is -0.432. The number of nitriles is 1. The summed E-state index contributed by atoms with van der Waals surface area (Å²) in [5.41, 5.74) is 0.00518. The third kappa shape index (κ3) is 7.31. The van der Waals surface area contributed by atoms with Crippen LogP contribution < -0.4 is 16.0 Å². The summed E-state index contributed by atoms with van der Waals surface area (Å²) in [4.78, 5) is 35.1. The van der Waals surface area contributed by atoms with Gasteiger partial charge in [0.1, 0.15) is 11.6 Å². The zero-order chi connectivity index (χ0) is 16.9. The van der Waals surface area contributed by atoms with Crippen LogP contribution in [0, 0.1) is 11.3 Å². The molecule has 1 aliphatic heterocycles. The molecule has 23 heavy (non-hydrogen) atoms. The maximum Gasteiger partial charge on any atom is 0.263 e. The van der Waals surface area contributed by atoms with Gasteiger partial charge in [0.2, 0.25) is 12.3 Å². The summed E-state index contributed by atoms with van der Waals surface area (Å²) in [6, 6.07) is 1.84. The summed E-state index contributed by atoms with van der Waals surface area (Å²) in [6.07, 6.45) is 4.88. The monoisotopic (exact) mass is 321 g/mol. The highest BCUT2D eigenvalue weighted by Gasteiger charge is 2.19. The van der Waals surface area contributed by atoms with E-state index < -0.39 is 5.91 Å². The Morgan fingerprint density at radius 2 is 2.04 bits per heavy atom. The van der Waals surface area contributed by atoms with E-state index in [9.17, 15) is 14.4 Å². The van der Waals surface area contributed by atoms with Crippen molar-refractivity contribution in [3.05, 3.63) is 11.8 Å². The SMILES string of the molecule is N#C/C(=C/NCCCNC=O)C(=O)NCCCN1CCCC1=O. The van der Waals surface area contributed by atoms with Crippen molar-refractivity contribution in [1.82, 2.24) is 20.9 Å². The average Bonchev–Trinajstić information content (AvgIpc) is 2.96. The van der Waals surface area contributed by atoms with E-state index in [4.69, 9.17) is 5.26 Å². The van der Waals surface area contributed by atoms with E-state index in [-0.39, 0.29) is 11.5 Å². The standard InChI is InChI=1S/C15H23N5O3/c16-10-13(11-17-5-2-6-18-12-21)15(23)19-7-3-9-20-8-1-4-14(20)22/h11-12,17H,1-9H2,(H,18,21)(H,19,23)/b13-11-. The lowest BCUT2D eigenvalue weighted by Gasteiger charge is -2.15. The van der Waals surface area contributed by atoms with Crippen LogP contribution in [0.15, 0.2) is 11.8 Å². The van der Waals surface area contributed by atoms with E-state index in [1.165, 1.54) is 6.20 Å². The topological polar surface area (TPSA) is 114 Å². The quantitative estimate of drug-likeness (QED) is 0.200. The Balaban J connectivity index is 2.18. The third-order valence-corrected chi connectivity index (χ3v) is 3.40. The first-order valence-electron chi connectivity index (χ1n) is 7.75. The van der Waals surface area contributed by atoms with Crippen molar-refractivity contribution >= 4 is 18.2 Å². The number of amides is 3. The van der Waals surface area contributed by atoms with Crippen LogP contribution in [0.25, 0.3) is 0 Å². The minimum Gasteiger partial charge on any atom is -0.390 e. The molecule has 3 amide bonds. The highest BCUT2D eigenvalue weighted by atomic mass is 16.2. The minimum absolute atomic E-state index is 0.00518. The second kappa shape index (κ2) is 11.1. The highest BCUT2D eigenvalue weighted by molar-refractivity contribution is 5.97. The average molecular weight is 321 g/mol. The summed E-state index contributed by atoms with van der Waals surface area (Å²) >= 11 is 0. The van der Waals surface area contributed by atoms with E-state index in [0.29, 0.717) is 51.9 Å². The lowest BCUT2D eigenvalue weighted by molar-refractivity contribution is -0.127. The molecule has 0 spiro atoms. The fraction of sp³-hybridized carbons (Fsp3) is 0.600. The Kier molecular flexibility index (Phi) is 8.90. The van der Waals surface area contributed by atoms with E-state index in [1.54, 1.807) is 4.90 Å². The molecule has 0 radical (unpaired) electrons. The van der Waals surface area contributed by atoms with Crippen molar-refractivity contribution in [1.29, 1.82) is 5.26 Å². The molecule has 0 aromatic rings. The predicted molar refractivity (Wildman–Crippen MR) is 83.8 cm³/mol. The molecule has 0 saturated carbocycles. The van der Waals surface area contributed by atoms with Gasteiger partial charge in [-0.2, -0.15) is 5.26 Å². The number of hydrogen-bond donors (Lipinski definition) is 3. The van der Waals surface area contributed by atoms with E-state index in [1.807, 2.05) is 6.07 Å². The molecule has 3 N–H and O–H groups in total. The Bertz CT molecular complexity index is 484. The summed E-state index contributed by atoms with van der Waals surface area (Å²) in [5, 5.41) is 17.0. The number of likely N-dealkylation sites (tertiary alicyclic amines) is 1. The van der Waals surface area contributed by atoms with E-state index in [0.717, 1.165) is 13.0 Å². The number of rotatable bonds is 11.